The second-order valence-corrected chi connectivity index (χ2v) is 4.79. The minimum atomic E-state index is -1.12. The molecule has 0 saturated heterocycles. The van der Waals surface area contributed by atoms with Gasteiger partial charge in [-0.15, -0.1) is 4.91 Å². The van der Waals surface area contributed by atoms with Crippen molar-refractivity contribution in [1.29, 1.82) is 0 Å². The van der Waals surface area contributed by atoms with Gasteiger partial charge in [0.05, 0.1) is 5.56 Å². The van der Waals surface area contributed by atoms with Crippen molar-refractivity contribution in [2.75, 3.05) is 0 Å². The van der Waals surface area contributed by atoms with Crippen molar-refractivity contribution >= 4 is 17.4 Å². The highest BCUT2D eigenvalue weighted by molar-refractivity contribution is 5.88. The molecule has 0 spiro atoms. The van der Waals surface area contributed by atoms with E-state index in [2.05, 4.69) is 10.2 Å². The van der Waals surface area contributed by atoms with E-state index in [9.17, 15) is 14.1 Å². The van der Waals surface area contributed by atoms with Crippen LogP contribution in [-0.4, -0.2) is 20.5 Å². The van der Waals surface area contributed by atoms with Crippen LogP contribution in [0.2, 0.25) is 0 Å². The molecule has 0 aliphatic heterocycles. The standard InChI is InChI=1S/C15H10FN3O3/c1-8-6-9(2-4-11(8)16)13-14(18-22)19-7-10(15(20)21)3-5-12(19)17-13/h2-7H,1H3,(H,20,21). The highest BCUT2D eigenvalue weighted by Crippen LogP contribution is 2.32. The fourth-order valence-electron chi connectivity index (χ4n) is 2.23. The predicted molar refractivity (Wildman–Crippen MR) is 77.7 cm³/mol. The average molecular weight is 299 g/mol. The Hall–Kier alpha value is -3.09. The Morgan fingerprint density at radius 3 is 2.73 bits per heavy atom. The second kappa shape index (κ2) is 5.03. The van der Waals surface area contributed by atoms with E-state index < -0.39 is 5.97 Å². The van der Waals surface area contributed by atoms with Crippen molar-refractivity contribution in [3.63, 3.8) is 0 Å². The molecule has 0 saturated carbocycles. The molecule has 1 aromatic carbocycles. The van der Waals surface area contributed by atoms with E-state index in [-0.39, 0.29) is 22.9 Å². The number of aryl methyl sites for hydroxylation is 1. The van der Waals surface area contributed by atoms with Gasteiger partial charge in [0, 0.05) is 11.8 Å². The molecular weight excluding hydrogens is 289 g/mol. The van der Waals surface area contributed by atoms with Crippen LogP contribution in [0.4, 0.5) is 10.2 Å². The zero-order valence-electron chi connectivity index (χ0n) is 11.4. The van der Waals surface area contributed by atoms with Crippen LogP contribution in [0.5, 0.6) is 0 Å². The summed E-state index contributed by atoms with van der Waals surface area (Å²) in [5, 5.41) is 12.0. The second-order valence-electron chi connectivity index (χ2n) is 4.79. The first kappa shape index (κ1) is 13.9. The molecule has 0 amide bonds. The number of nitrogens with zero attached hydrogens (tertiary/aromatic N) is 3. The molecule has 3 rings (SSSR count). The summed E-state index contributed by atoms with van der Waals surface area (Å²) in [6.45, 7) is 1.60. The fourth-order valence-corrected chi connectivity index (χ4v) is 2.23. The summed E-state index contributed by atoms with van der Waals surface area (Å²) in [6.07, 6.45) is 1.28. The monoisotopic (exact) mass is 299 g/mol. The van der Waals surface area contributed by atoms with Gasteiger partial charge in [0.1, 0.15) is 17.2 Å². The highest BCUT2D eigenvalue weighted by Gasteiger charge is 2.17. The Kier molecular flexibility index (Phi) is 3.17. The van der Waals surface area contributed by atoms with Crippen LogP contribution < -0.4 is 0 Å². The number of nitroso groups, excluding NO2 is 1. The molecule has 0 aliphatic rings. The lowest BCUT2D eigenvalue weighted by atomic mass is 10.1. The van der Waals surface area contributed by atoms with Crippen molar-refractivity contribution in [3.8, 4) is 11.3 Å². The molecule has 0 bridgehead atoms. The van der Waals surface area contributed by atoms with Gasteiger partial charge < -0.3 is 5.11 Å². The van der Waals surface area contributed by atoms with E-state index in [1.165, 1.54) is 34.9 Å². The summed E-state index contributed by atoms with van der Waals surface area (Å²) < 4.78 is 14.7. The zero-order chi connectivity index (χ0) is 15.9. The maximum absolute atomic E-state index is 13.4. The molecule has 2 heterocycles. The number of carbonyl (C=O) groups is 1. The van der Waals surface area contributed by atoms with Gasteiger partial charge in [-0.3, -0.25) is 4.40 Å². The van der Waals surface area contributed by atoms with Crippen molar-refractivity contribution in [2.24, 2.45) is 5.18 Å². The molecule has 22 heavy (non-hydrogen) atoms. The molecule has 110 valence electrons. The van der Waals surface area contributed by atoms with Crippen LogP contribution in [0.15, 0.2) is 41.7 Å². The molecule has 0 fully saturated rings. The molecular formula is C15H10FN3O3. The number of benzene rings is 1. The number of halogens is 1. The van der Waals surface area contributed by atoms with E-state index in [1.54, 1.807) is 13.0 Å². The summed E-state index contributed by atoms with van der Waals surface area (Å²) >= 11 is 0. The molecule has 3 aromatic rings. The number of aromatic nitrogens is 2. The van der Waals surface area contributed by atoms with Gasteiger partial charge in [0.25, 0.3) is 0 Å². The van der Waals surface area contributed by atoms with Crippen LogP contribution in [0.1, 0.15) is 15.9 Å². The van der Waals surface area contributed by atoms with E-state index in [0.717, 1.165) is 0 Å². The predicted octanol–water partition coefficient (Wildman–Crippen LogP) is 3.54. The Labute approximate surface area is 123 Å². The van der Waals surface area contributed by atoms with Crippen LogP contribution in [0.25, 0.3) is 16.9 Å². The first-order chi connectivity index (χ1) is 10.5. The number of carboxylic acid groups (broad SMARTS) is 1. The van der Waals surface area contributed by atoms with Crippen molar-refractivity contribution in [3.05, 3.63) is 58.4 Å². The summed E-state index contributed by atoms with van der Waals surface area (Å²) in [4.78, 5) is 26.5. The Balaban J connectivity index is 2.27. The molecule has 0 radical (unpaired) electrons. The molecule has 1 N–H and O–H groups in total. The van der Waals surface area contributed by atoms with E-state index in [0.29, 0.717) is 16.8 Å². The zero-order valence-corrected chi connectivity index (χ0v) is 11.4. The molecule has 0 atom stereocenters. The van der Waals surface area contributed by atoms with Gasteiger partial charge in [0.15, 0.2) is 0 Å². The van der Waals surface area contributed by atoms with Gasteiger partial charge in [-0.1, -0.05) is 0 Å². The summed E-state index contributed by atoms with van der Waals surface area (Å²) in [5.74, 6) is -1.50. The van der Waals surface area contributed by atoms with Gasteiger partial charge >= 0.3 is 5.97 Å². The Morgan fingerprint density at radius 2 is 2.09 bits per heavy atom. The van der Waals surface area contributed by atoms with Crippen molar-refractivity contribution in [1.82, 2.24) is 9.38 Å². The molecule has 6 nitrogen and oxygen atoms in total. The third-order valence-electron chi connectivity index (χ3n) is 3.36. The number of hydrogen-bond acceptors (Lipinski definition) is 4. The average Bonchev–Trinajstić information content (AvgIpc) is 2.87. The quantitative estimate of drug-likeness (QED) is 0.750. The maximum atomic E-state index is 13.4. The molecule has 7 heteroatoms. The lowest BCUT2D eigenvalue weighted by Crippen LogP contribution is -1.98. The number of imidazole rings is 1. The van der Waals surface area contributed by atoms with E-state index in [1.807, 2.05) is 0 Å². The largest absolute Gasteiger partial charge is 0.478 e. The number of pyridine rings is 1. The van der Waals surface area contributed by atoms with E-state index in [4.69, 9.17) is 5.11 Å². The van der Waals surface area contributed by atoms with Gasteiger partial charge in [-0.05, 0) is 48.0 Å². The van der Waals surface area contributed by atoms with Crippen molar-refractivity contribution in [2.45, 2.75) is 6.92 Å². The van der Waals surface area contributed by atoms with Gasteiger partial charge in [-0.2, -0.15) is 0 Å². The van der Waals surface area contributed by atoms with Crippen LogP contribution in [-0.2, 0) is 0 Å². The number of aromatic carboxylic acids is 1. The summed E-state index contributed by atoms with van der Waals surface area (Å²) in [5.41, 5.74) is 1.63. The molecule has 0 aliphatic carbocycles. The Bertz CT molecular complexity index is 918. The maximum Gasteiger partial charge on any atom is 0.337 e. The number of carboxylic acids is 1. The minimum absolute atomic E-state index is 0.0108. The molecule has 2 aromatic heterocycles. The minimum Gasteiger partial charge on any atom is -0.478 e. The summed E-state index contributed by atoms with van der Waals surface area (Å²) in [6, 6.07) is 7.21. The third kappa shape index (κ3) is 2.12. The van der Waals surface area contributed by atoms with Crippen LogP contribution >= 0.6 is 0 Å². The normalized spacial score (nSPS) is 10.8. The van der Waals surface area contributed by atoms with E-state index >= 15 is 0 Å². The summed E-state index contributed by atoms with van der Waals surface area (Å²) in [7, 11) is 0. The SMILES string of the molecule is Cc1cc(-c2nc3ccc(C(=O)O)cn3c2N=O)ccc1F. The first-order valence-electron chi connectivity index (χ1n) is 6.36. The lowest BCUT2D eigenvalue weighted by Gasteiger charge is -2.01. The van der Waals surface area contributed by atoms with Gasteiger partial charge in [0.2, 0.25) is 5.82 Å². The number of rotatable bonds is 3. The topological polar surface area (TPSA) is 84.0 Å². The van der Waals surface area contributed by atoms with Crippen LogP contribution in [0, 0.1) is 17.6 Å². The molecule has 0 unspecified atom stereocenters. The first-order valence-corrected chi connectivity index (χ1v) is 6.36. The lowest BCUT2D eigenvalue weighted by molar-refractivity contribution is 0.0696. The Morgan fingerprint density at radius 1 is 1.32 bits per heavy atom. The smallest absolute Gasteiger partial charge is 0.337 e. The highest BCUT2D eigenvalue weighted by atomic mass is 19.1. The van der Waals surface area contributed by atoms with Gasteiger partial charge in [-0.25, -0.2) is 14.2 Å². The van der Waals surface area contributed by atoms with Crippen molar-refractivity contribution < 1.29 is 14.3 Å². The third-order valence-corrected chi connectivity index (χ3v) is 3.36. The van der Waals surface area contributed by atoms with Crippen LogP contribution in [0.3, 0.4) is 0 Å². The number of fused-ring (bicyclic) bond motifs is 1. The fraction of sp³-hybridized carbons (Fsp3) is 0.0667. The number of hydrogen-bond donors (Lipinski definition) is 1.